The summed E-state index contributed by atoms with van der Waals surface area (Å²) in [6, 6.07) is 20.4. The summed E-state index contributed by atoms with van der Waals surface area (Å²) in [5, 5.41) is 4.70. The van der Waals surface area contributed by atoms with Gasteiger partial charge in [0, 0.05) is 11.1 Å². The number of amides is 1. The third-order valence-corrected chi connectivity index (χ3v) is 4.08. The first-order valence-corrected chi connectivity index (χ1v) is 9.45. The van der Waals surface area contributed by atoms with Crippen LogP contribution in [0.5, 0.6) is 11.5 Å². The lowest BCUT2D eigenvalue weighted by atomic mass is 10.1. The molecule has 0 unspecified atom stereocenters. The Morgan fingerprint density at radius 1 is 0.828 bits per heavy atom. The zero-order chi connectivity index (χ0) is 20.5. The molecule has 0 bridgehead atoms. The smallest absolute Gasteiger partial charge is 0.344 e. The Kier molecular flexibility index (Phi) is 7.05. The molecule has 0 aliphatic rings. The summed E-state index contributed by atoms with van der Waals surface area (Å²) in [5.74, 6) is -0.0290. The van der Waals surface area contributed by atoms with Crippen LogP contribution in [0.15, 0.2) is 66.7 Å². The van der Waals surface area contributed by atoms with Gasteiger partial charge in [0.15, 0.2) is 24.7 Å². The standard InChI is InChI=1S/C23H23NO5/c1-2-14-27-20-12-5-6-13-21(20)28-16-23(26)29-15-22(25)24-19-11-7-9-17-8-3-4-10-18(17)19/h3-13H,2,14-16H2,1H3,(H,24,25). The van der Waals surface area contributed by atoms with E-state index in [-0.39, 0.29) is 13.2 Å². The largest absolute Gasteiger partial charge is 0.490 e. The van der Waals surface area contributed by atoms with E-state index in [1.807, 2.05) is 49.4 Å². The van der Waals surface area contributed by atoms with Gasteiger partial charge >= 0.3 is 5.97 Å². The zero-order valence-corrected chi connectivity index (χ0v) is 16.2. The van der Waals surface area contributed by atoms with Gasteiger partial charge in [-0.25, -0.2) is 4.79 Å². The maximum absolute atomic E-state index is 12.2. The topological polar surface area (TPSA) is 73.9 Å². The van der Waals surface area contributed by atoms with E-state index in [2.05, 4.69) is 5.32 Å². The lowest BCUT2D eigenvalue weighted by Gasteiger charge is -2.12. The van der Waals surface area contributed by atoms with Crippen molar-refractivity contribution in [3.05, 3.63) is 66.7 Å². The fraction of sp³-hybridized carbons (Fsp3) is 0.217. The number of benzene rings is 3. The summed E-state index contributed by atoms with van der Waals surface area (Å²) >= 11 is 0. The predicted octanol–water partition coefficient (Wildman–Crippen LogP) is 4.19. The Bertz CT molecular complexity index is 980. The van der Waals surface area contributed by atoms with Crippen molar-refractivity contribution in [2.75, 3.05) is 25.1 Å². The molecule has 0 fully saturated rings. The minimum atomic E-state index is -0.636. The Morgan fingerprint density at radius 2 is 1.52 bits per heavy atom. The highest BCUT2D eigenvalue weighted by Gasteiger charge is 2.12. The molecule has 0 aromatic heterocycles. The molecule has 3 rings (SSSR count). The van der Waals surface area contributed by atoms with Crippen LogP contribution >= 0.6 is 0 Å². The molecule has 0 saturated carbocycles. The van der Waals surface area contributed by atoms with E-state index in [0.29, 0.717) is 23.8 Å². The number of nitrogens with one attached hydrogen (secondary N) is 1. The van der Waals surface area contributed by atoms with E-state index in [4.69, 9.17) is 14.2 Å². The van der Waals surface area contributed by atoms with Crippen LogP contribution in [0.1, 0.15) is 13.3 Å². The fourth-order valence-electron chi connectivity index (χ4n) is 2.75. The van der Waals surface area contributed by atoms with Crippen LogP contribution in [-0.4, -0.2) is 31.7 Å². The quantitative estimate of drug-likeness (QED) is 0.552. The van der Waals surface area contributed by atoms with Crippen LogP contribution in [0.4, 0.5) is 5.69 Å². The molecule has 6 nitrogen and oxygen atoms in total. The molecule has 1 N–H and O–H groups in total. The third-order valence-electron chi connectivity index (χ3n) is 4.08. The summed E-state index contributed by atoms with van der Waals surface area (Å²) in [6.07, 6.45) is 0.863. The fourth-order valence-corrected chi connectivity index (χ4v) is 2.75. The third kappa shape index (κ3) is 5.72. The Labute approximate surface area is 169 Å². The van der Waals surface area contributed by atoms with Gasteiger partial charge < -0.3 is 19.5 Å². The molecule has 0 saturated heterocycles. The second-order valence-corrected chi connectivity index (χ2v) is 6.32. The van der Waals surface area contributed by atoms with Crippen LogP contribution in [0.25, 0.3) is 10.8 Å². The van der Waals surface area contributed by atoms with Gasteiger partial charge in [-0.15, -0.1) is 0 Å². The molecule has 0 aliphatic carbocycles. The first-order chi connectivity index (χ1) is 14.2. The zero-order valence-electron chi connectivity index (χ0n) is 16.2. The number of carbonyl (C=O) groups is 2. The van der Waals surface area contributed by atoms with Gasteiger partial charge in [-0.3, -0.25) is 4.79 Å². The van der Waals surface area contributed by atoms with E-state index in [1.165, 1.54) is 0 Å². The van der Waals surface area contributed by atoms with Crippen molar-refractivity contribution >= 4 is 28.3 Å². The number of hydrogen-bond donors (Lipinski definition) is 1. The van der Waals surface area contributed by atoms with Gasteiger partial charge in [0.2, 0.25) is 0 Å². The van der Waals surface area contributed by atoms with E-state index in [0.717, 1.165) is 17.2 Å². The molecule has 3 aromatic carbocycles. The van der Waals surface area contributed by atoms with Crippen molar-refractivity contribution in [3.63, 3.8) is 0 Å². The maximum atomic E-state index is 12.2. The SMILES string of the molecule is CCCOc1ccccc1OCC(=O)OCC(=O)Nc1cccc2ccccc12. The van der Waals surface area contributed by atoms with Crippen molar-refractivity contribution in [1.82, 2.24) is 0 Å². The maximum Gasteiger partial charge on any atom is 0.344 e. The van der Waals surface area contributed by atoms with Crippen molar-refractivity contribution in [1.29, 1.82) is 0 Å². The summed E-state index contributed by atoms with van der Waals surface area (Å²) in [4.78, 5) is 24.1. The number of ether oxygens (including phenoxy) is 3. The highest BCUT2D eigenvalue weighted by molar-refractivity contribution is 6.02. The lowest BCUT2D eigenvalue weighted by Crippen LogP contribution is -2.23. The molecule has 0 heterocycles. The molecule has 0 atom stereocenters. The number of fused-ring (bicyclic) bond motifs is 1. The number of rotatable bonds is 9. The van der Waals surface area contributed by atoms with Crippen LogP contribution in [-0.2, 0) is 14.3 Å². The number of hydrogen-bond acceptors (Lipinski definition) is 5. The molecule has 0 spiro atoms. The number of para-hydroxylation sites is 2. The lowest BCUT2D eigenvalue weighted by molar-refractivity contribution is -0.149. The minimum Gasteiger partial charge on any atom is -0.490 e. The molecular weight excluding hydrogens is 370 g/mol. The minimum absolute atomic E-state index is 0.311. The van der Waals surface area contributed by atoms with Gasteiger partial charge in [0.1, 0.15) is 0 Å². The van der Waals surface area contributed by atoms with E-state index in [1.54, 1.807) is 24.3 Å². The highest BCUT2D eigenvalue weighted by atomic mass is 16.6. The molecule has 0 radical (unpaired) electrons. The first kappa shape index (κ1) is 20.2. The monoisotopic (exact) mass is 393 g/mol. The second-order valence-electron chi connectivity index (χ2n) is 6.32. The first-order valence-electron chi connectivity index (χ1n) is 9.45. The number of carbonyl (C=O) groups excluding carboxylic acids is 2. The van der Waals surface area contributed by atoms with Crippen LogP contribution in [0.3, 0.4) is 0 Å². The molecule has 150 valence electrons. The highest BCUT2D eigenvalue weighted by Crippen LogP contribution is 2.26. The van der Waals surface area contributed by atoms with Crippen molar-refractivity contribution in [2.45, 2.75) is 13.3 Å². The van der Waals surface area contributed by atoms with Gasteiger partial charge in [-0.1, -0.05) is 55.5 Å². The van der Waals surface area contributed by atoms with Gasteiger partial charge in [-0.2, -0.15) is 0 Å². The average molecular weight is 393 g/mol. The summed E-state index contributed by atoms with van der Waals surface area (Å²) in [6.45, 7) is 1.86. The van der Waals surface area contributed by atoms with Crippen molar-refractivity contribution < 1.29 is 23.8 Å². The second kappa shape index (κ2) is 10.1. The predicted molar refractivity (Wildman–Crippen MR) is 111 cm³/mol. The van der Waals surface area contributed by atoms with Gasteiger partial charge in [0.05, 0.1) is 6.61 Å². The van der Waals surface area contributed by atoms with E-state index >= 15 is 0 Å². The average Bonchev–Trinajstić information content (AvgIpc) is 2.75. The molecule has 3 aromatic rings. The summed E-state index contributed by atoms with van der Waals surface area (Å²) < 4.78 is 16.1. The van der Waals surface area contributed by atoms with Crippen molar-refractivity contribution in [2.24, 2.45) is 0 Å². The van der Waals surface area contributed by atoms with Crippen molar-refractivity contribution in [3.8, 4) is 11.5 Å². The summed E-state index contributed by atoms with van der Waals surface area (Å²) in [7, 11) is 0. The van der Waals surface area contributed by atoms with Crippen LogP contribution in [0.2, 0.25) is 0 Å². The number of anilines is 1. The van der Waals surface area contributed by atoms with E-state index in [9.17, 15) is 9.59 Å². The Balaban J connectivity index is 1.49. The molecule has 29 heavy (non-hydrogen) atoms. The molecule has 0 aliphatic heterocycles. The Morgan fingerprint density at radius 3 is 2.31 bits per heavy atom. The van der Waals surface area contributed by atoms with Crippen LogP contribution < -0.4 is 14.8 Å². The van der Waals surface area contributed by atoms with Crippen LogP contribution in [0, 0.1) is 0 Å². The van der Waals surface area contributed by atoms with Gasteiger partial charge in [-0.05, 0) is 30.0 Å². The molecule has 6 heteroatoms. The molecule has 1 amide bonds. The van der Waals surface area contributed by atoms with Gasteiger partial charge in [0.25, 0.3) is 5.91 Å². The number of esters is 1. The Hall–Kier alpha value is -3.54. The normalized spacial score (nSPS) is 10.4. The summed E-state index contributed by atoms with van der Waals surface area (Å²) in [5.41, 5.74) is 0.669. The van der Waals surface area contributed by atoms with E-state index < -0.39 is 11.9 Å². The molecular formula is C23H23NO5.